The molecular weight excluding hydrogens is 359 g/mol. The number of ether oxygens (including phenoxy) is 1. The summed E-state index contributed by atoms with van der Waals surface area (Å²) < 4.78 is 19.1. The number of carboxylic acids is 1. The van der Waals surface area contributed by atoms with Crippen LogP contribution in [0.2, 0.25) is 0 Å². The molecule has 6 nitrogen and oxygen atoms in total. The third kappa shape index (κ3) is 4.44. The molecule has 0 saturated carbocycles. The minimum absolute atomic E-state index is 0.177. The Kier molecular flexibility index (Phi) is 5.95. The number of carboxylic acid groups (broad SMARTS) is 1. The molecule has 0 unspecified atom stereocenters. The van der Waals surface area contributed by atoms with E-state index >= 15 is 0 Å². The monoisotopic (exact) mass is 378 g/mol. The van der Waals surface area contributed by atoms with Gasteiger partial charge in [-0.2, -0.15) is 0 Å². The summed E-state index contributed by atoms with van der Waals surface area (Å²) in [6.07, 6.45) is 1.50. The SMILES string of the molecule is O=C(O)CN(C(=O)c1csc(Cc2ccccc2F)n1)C1CCOCC1. The Balaban J connectivity index is 1.76. The Morgan fingerprint density at radius 3 is 2.73 bits per heavy atom. The summed E-state index contributed by atoms with van der Waals surface area (Å²) in [6, 6.07) is 6.25. The van der Waals surface area contributed by atoms with Crippen LogP contribution >= 0.6 is 11.3 Å². The highest BCUT2D eigenvalue weighted by atomic mass is 32.1. The highest BCUT2D eigenvalue weighted by Gasteiger charge is 2.29. The minimum Gasteiger partial charge on any atom is -0.480 e. The Morgan fingerprint density at radius 2 is 2.04 bits per heavy atom. The van der Waals surface area contributed by atoms with E-state index in [0.29, 0.717) is 43.0 Å². The zero-order valence-electron chi connectivity index (χ0n) is 14.1. The van der Waals surface area contributed by atoms with Gasteiger partial charge in [0.2, 0.25) is 0 Å². The molecule has 0 bridgehead atoms. The topological polar surface area (TPSA) is 79.7 Å². The third-order valence-electron chi connectivity index (χ3n) is 4.27. The molecule has 8 heteroatoms. The first-order chi connectivity index (χ1) is 12.5. The van der Waals surface area contributed by atoms with Crippen molar-refractivity contribution in [1.29, 1.82) is 0 Å². The molecule has 1 aliphatic heterocycles. The van der Waals surface area contributed by atoms with Crippen LogP contribution in [0.3, 0.4) is 0 Å². The maximum atomic E-state index is 13.8. The smallest absolute Gasteiger partial charge is 0.323 e. The van der Waals surface area contributed by atoms with E-state index in [2.05, 4.69) is 4.98 Å². The molecule has 1 saturated heterocycles. The number of carbonyl (C=O) groups excluding carboxylic acids is 1. The summed E-state index contributed by atoms with van der Waals surface area (Å²) in [5.74, 6) is -1.78. The first kappa shape index (κ1) is 18.5. The number of benzene rings is 1. The van der Waals surface area contributed by atoms with Crippen molar-refractivity contribution in [1.82, 2.24) is 9.88 Å². The number of rotatable bonds is 6. The lowest BCUT2D eigenvalue weighted by molar-refractivity contribution is -0.138. The first-order valence-electron chi connectivity index (χ1n) is 8.33. The van der Waals surface area contributed by atoms with E-state index in [-0.39, 0.29) is 24.1 Å². The van der Waals surface area contributed by atoms with Crippen molar-refractivity contribution < 1.29 is 23.8 Å². The van der Waals surface area contributed by atoms with Gasteiger partial charge in [0.15, 0.2) is 0 Å². The summed E-state index contributed by atoms with van der Waals surface area (Å²) in [5, 5.41) is 11.4. The number of hydrogen-bond acceptors (Lipinski definition) is 5. The van der Waals surface area contributed by atoms with Crippen molar-refractivity contribution in [3.05, 3.63) is 51.7 Å². The van der Waals surface area contributed by atoms with E-state index in [1.54, 1.807) is 23.6 Å². The van der Waals surface area contributed by atoms with Crippen molar-refractivity contribution in [2.24, 2.45) is 0 Å². The highest BCUT2D eigenvalue weighted by molar-refractivity contribution is 7.09. The van der Waals surface area contributed by atoms with Crippen LogP contribution in [0.4, 0.5) is 4.39 Å². The number of hydrogen-bond donors (Lipinski definition) is 1. The quantitative estimate of drug-likeness (QED) is 0.836. The normalized spacial score (nSPS) is 15.0. The predicted octanol–water partition coefficient (Wildman–Crippen LogP) is 2.58. The van der Waals surface area contributed by atoms with Gasteiger partial charge in [-0.1, -0.05) is 18.2 Å². The molecule has 1 aromatic carbocycles. The van der Waals surface area contributed by atoms with Crippen molar-refractivity contribution in [2.45, 2.75) is 25.3 Å². The second-order valence-electron chi connectivity index (χ2n) is 6.07. The van der Waals surface area contributed by atoms with Gasteiger partial charge in [-0.15, -0.1) is 11.3 Å². The molecule has 0 spiro atoms. The number of aliphatic carboxylic acids is 1. The fourth-order valence-electron chi connectivity index (χ4n) is 2.95. The van der Waals surface area contributed by atoms with Crippen molar-refractivity contribution in [3.8, 4) is 0 Å². The van der Waals surface area contributed by atoms with Crippen LogP contribution in [0.5, 0.6) is 0 Å². The molecule has 1 amide bonds. The zero-order chi connectivity index (χ0) is 18.5. The summed E-state index contributed by atoms with van der Waals surface area (Å²) in [7, 11) is 0. The van der Waals surface area contributed by atoms with Crippen molar-refractivity contribution >= 4 is 23.2 Å². The molecule has 26 heavy (non-hydrogen) atoms. The lowest BCUT2D eigenvalue weighted by atomic mass is 10.1. The Hall–Kier alpha value is -2.32. The predicted molar refractivity (Wildman–Crippen MR) is 93.8 cm³/mol. The summed E-state index contributed by atoms with van der Waals surface area (Å²) in [6.45, 7) is 0.636. The third-order valence-corrected chi connectivity index (χ3v) is 5.12. The fraction of sp³-hybridized carbons (Fsp3) is 0.389. The van der Waals surface area contributed by atoms with Gasteiger partial charge in [0.1, 0.15) is 18.1 Å². The van der Waals surface area contributed by atoms with Gasteiger partial charge in [-0.05, 0) is 24.5 Å². The molecule has 1 aromatic heterocycles. The highest BCUT2D eigenvalue weighted by Crippen LogP contribution is 2.21. The fourth-order valence-corrected chi connectivity index (χ4v) is 3.74. The Bertz CT molecular complexity index is 789. The van der Waals surface area contributed by atoms with Crippen molar-refractivity contribution in [2.75, 3.05) is 19.8 Å². The molecule has 1 N–H and O–H groups in total. The summed E-state index contributed by atoms with van der Waals surface area (Å²) >= 11 is 1.27. The Morgan fingerprint density at radius 1 is 1.31 bits per heavy atom. The van der Waals surface area contributed by atoms with Crippen LogP contribution in [0.1, 0.15) is 33.9 Å². The van der Waals surface area contributed by atoms with Crippen LogP contribution in [0.25, 0.3) is 0 Å². The average Bonchev–Trinajstić information content (AvgIpc) is 3.10. The van der Waals surface area contributed by atoms with Crippen LogP contribution < -0.4 is 0 Å². The largest absolute Gasteiger partial charge is 0.480 e. The minimum atomic E-state index is -1.06. The summed E-state index contributed by atoms with van der Waals surface area (Å²) in [4.78, 5) is 29.7. The van der Waals surface area contributed by atoms with Gasteiger partial charge in [0.25, 0.3) is 5.91 Å². The summed E-state index contributed by atoms with van der Waals surface area (Å²) in [5.41, 5.74) is 0.710. The van der Waals surface area contributed by atoms with E-state index < -0.39 is 11.9 Å². The van der Waals surface area contributed by atoms with Crippen LogP contribution in [0, 0.1) is 5.82 Å². The molecule has 0 aliphatic carbocycles. The lowest BCUT2D eigenvalue weighted by Crippen LogP contribution is -2.46. The number of thiazole rings is 1. The Labute approximate surface area is 154 Å². The second-order valence-corrected chi connectivity index (χ2v) is 7.01. The van der Waals surface area contributed by atoms with E-state index in [4.69, 9.17) is 9.84 Å². The van der Waals surface area contributed by atoms with Crippen LogP contribution in [-0.4, -0.2) is 52.7 Å². The van der Waals surface area contributed by atoms with Crippen LogP contribution in [-0.2, 0) is 16.0 Å². The van der Waals surface area contributed by atoms with Gasteiger partial charge in [0, 0.05) is 31.1 Å². The van der Waals surface area contributed by atoms with Gasteiger partial charge >= 0.3 is 5.97 Å². The van der Waals surface area contributed by atoms with Gasteiger partial charge in [0.05, 0.1) is 5.01 Å². The maximum Gasteiger partial charge on any atom is 0.323 e. The molecule has 138 valence electrons. The molecular formula is C18H19FN2O4S. The molecule has 2 heterocycles. The van der Waals surface area contributed by atoms with E-state index in [1.165, 1.54) is 22.3 Å². The van der Waals surface area contributed by atoms with E-state index in [1.807, 2.05) is 0 Å². The molecule has 0 atom stereocenters. The molecule has 1 aliphatic rings. The average molecular weight is 378 g/mol. The van der Waals surface area contributed by atoms with Gasteiger partial charge in [-0.3, -0.25) is 9.59 Å². The van der Waals surface area contributed by atoms with Gasteiger partial charge in [-0.25, -0.2) is 9.37 Å². The molecule has 2 aromatic rings. The zero-order valence-corrected chi connectivity index (χ0v) is 14.9. The van der Waals surface area contributed by atoms with Crippen molar-refractivity contribution in [3.63, 3.8) is 0 Å². The number of amides is 1. The second kappa shape index (κ2) is 8.37. The first-order valence-corrected chi connectivity index (χ1v) is 9.21. The maximum absolute atomic E-state index is 13.8. The number of carbonyl (C=O) groups is 2. The van der Waals surface area contributed by atoms with Crippen LogP contribution in [0.15, 0.2) is 29.6 Å². The lowest BCUT2D eigenvalue weighted by Gasteiger charge is -2.32. The number of nitrogens with zero attached hydrogens (tertiary/aromatic N) is 2. The molecule has 1 fully saturated rings. The van der Waals surface area contributed by atoms with Gasteiger partial charge < -0.3 is 14.7 Å². The number of aromatic nitrogens is 1. The van der Waals surface area contributed by atoms with E-state index in [0.717, 1.165) is 0 Å². The standard InChI is InChI=1S/C18H19FN2O4S/c19-14-4-2-1-3-12(14)9-16-20-15(11-26-16)18(24)21(10-17(22)23)13-5-7-25-8-6-13/h1-4,11,13H,5-10H2,(H,22,23). The number of halogens is 1. The van der Waals surface area contributed by atoms with E-state index in [9.17, 15) is 14.0 Å². The molecule has 0 radical (unpaired) electrons. The molecule has 3 rings (SSSR count).